The molecule has 3 aromatic heterocycles. The molecule has 0 aliphatic heterocycles. The maximum atomic E-state index is 11.5. The van der Waals surface area contributed by atoms with E-state index in [0.717, 1.165) is 44.5 Å². The second-order valence-corrected chi connectivity index (χ2v) is 6.35. The van der Waals surface area contributed by atoms with Crippen LogP contribution in [-0.2, 0) is 4.79 Å². The number of aryl methyl sites for hydroxylation is 1. The Labute approximate surface area is 156 Å². The van der Waals surface area contributed by atoms with Crippen LogP contribution in [0.1, 0.15) is 5.56 Å². The molecule has 27 heavy (non-hydrogen) atoms. The van der Waals surface area contributed by atoms with Crippen LogP contribution in [-0.4, -0.2) is 20.9 Å². The van der Waals surface area contributed by atoms with Gasteiger partial charge in [0, 0.05) is 52.6 Å². The molecule has 1 amide bonds. The van der Waals surface area contributed by atoms with Crippen LogP contribution >= 0.6 is 0 Å². The summed E-state index contributed by atoms with van der Waals surface area (Å²) in [6.07, 6.45) is 8.73. The van der Waals surface area contributed by atoms with Gasteiger partial charge in [-0.25, -0.2) is 4.98 Å². The number of nitrogens with one attached hydrogen (secondary N) is 2. The molecule has 5 nitrogen and oxygen atoms in total. The van der Waals surface area contributed by atoms with Crippen molar-refractivity contribution in [3.8, 4) is 22.3 Å². The lowest BCUT2D eigenvalue weighted by atomic mass is 10.0. The average molecular weight is 354 g/mol. The van der Waals surface area contributed by atoms with E-state index in [1.165, 1.54) is 6.08 Å². The van der Waals surface area contributed by atoms with Crippen LogP contribution in [0.15, 0.2) is 73.8 Å². The number of pyridine rings is 2. The Morgan fingerprint density at radius 3 is 2.81 bits per heavy atom. The first kappa shape index (κ1) is 16.7. The van der Waals surface area contributed by atoms with Crippen molar-refractivity contribution < 1.29 is 4.79 Å². The molecule has 3 heterocycles. The lowest BCUT2D eigenvalue weighted by Crippen LogP contribution is -2.06. The summed E-state index contributed by atoms with van der Waals surface area (Å²) in [5.41, 5.74) is 6.70. The molecule has 0 atom stereocenters. The number of aromatic amines is 1. The van der Waals surface area contributed by atoms with E-state index in [2.05, 4.69) is 39.0 Å². The smallest absolute Gasteiger partial charge is 0.247 e. The molecule has 0 aliphatic rings. The zero-order valence-electron chi connectivity index (χ0n) is 14.9. The number of benzene rings is 1. The minimum atomic E-state index is -0.236. The minimum Gasteiger partial charge on any atom is -0.346 e. The first-order valence-electron chi connectivity index (χ1n) is 8.57. The number of amides is 1. The van der Waals surface area contributed by atoms with Crippen LogP contribution < -0.4 is 5.32 Å². The van der Waals surface area contributed by atoms with Crippen LogP contribution in [0, 0.1) is 6.92 Å². The Morgan fingerprint density at radius 1 is 1.11 bits per heavy atom. The Kier molecular flexibility index (Phi) is 4.26. The zero-order chi connectivity index (χ0) is 18.8. The van der Waals surface area contributed by atoms with Gasteiger partial charge in [0.15, 0.2) is 0 Å². The maximum Gasteiger partial charge on any atom is 0.247 e. The summed E-state index contributed by atoms with van der Waals surface area (Å²) in [6, 6.07) is 11.9. The number of aromatic nitrogens is 3. The first-order valence-corrected chi connectivity index (χ1v) is 8.57. The fourth-order valence-electron chi connectivity index (χ4n) is 3.07. The van der Waals surface area contributed by atoms with E-state index >= 15 is 0 Å². The maximum absolute atomic E-state index is 11.5. The topological polar surface area (TPSA) is 70.7 Å². The van der Waals surface area contributed by atoms with Crippen molar-refractivity contribution in [2.45, 2.75) is 6.92 Å². The van der Waals surface area contributed by atoms with Gasteiger partial charge in [0.1, 0.15) is 5.65 Å². The molecular formula is C22H18N4O. The Morgan fingerprint density at radius 2 is 2.00 bits per heavy atom. The van der Waals surface area contributed by atoms with Crippen LogP contribution in [0.3, 0.4) is 0 Å². The highest BCUT2D eigenvalue weighted by Gasteiger charge is 2.10. The summed E-state index contributed by atoms with van der Waals surface area (Å²) < 4.78 is 0. The van der Waals surface area contributed by atoms with Gasteiger partial charge >= 0.3 is 0 Å². The number of anilines is 1. The van der Waals surface area contributed by atoms with Crippen LogP contribution in [0.25, 0.3) is 33.3 Å². The van der Waals surface area contributed by atoms with Gasteiger partial charge in [0.25, 0.3) is 0 Å². The van der Waals surface area contributed by atoms with Gasteiger partial charge < -0.3 is 10.3 Å². The van der Waals surface area contributed by atoms with E-state index in [1.54, 1.807) is 0 Å². The molecule has 0 aliphatic carbocycles. The number of carbonyl (C=O) groups is 1. The lowest BCUT2D eigenvalue weighted by Gasteiger charge is -2.07. The van der Waals surface area contributed by atoms with Crippen molar-refractivity contribution in [1.29, 1.82) is 0 Å². The largest absolute Gasteiger partial charge is 0.346 e. The molecule has 0 spiro atoms. The molecule has 132 valence electrons. The van der Waals surface area contributed by atoms with Gasteiger partial charge in [-0.2, -0.15) is 0 Å². The standard InChI is InChI=1S/C22H18N4O/c1-3-21(27)26-18-6-4-5-15(8-18)16-9-19-20(13-25-22(19)24-12-16)17-7-14(2)10-23-11-17/h3-13H,1H2,2H3,(H,24,25)(H,26,27). The first-order chi connectivity index (χ1) is 13.1. The summed E-state index contributed by atoms with van der Waals surface area (Å²) in [6.45, 7) is 5.51. The SMILES string of the molecule is C=CC(=O)Nc1cccc(-c2cnc3[nH]cc(-c4cncc(C)c4)c3c2)c1. The Balaban J connectivity index is 1.78. The molecule has 0 fully saturated rings. The molecule has 0 bridgehead atoms. The van der Waals surface area contributed by atoms with Gasteiger partial charge in [-0.15, -0.1) is 0 Å². The van der Waals surface area contributed by atoms with E-state index in [1.807, 2.05) is 56.0 Å². The third-order valence-corrected chi connectivity index (χ3v) is 4.37. The average Bonchev–Trinajstić information content (AvgIpc) is 3.11. The second kappa shape index (κ2) is 6.88. The zero-order valence-corrected chi connectivity index (χ0v) is 14.9. The van der Waals surface area contributed by atoms with E-state index < -0.39 is 0 Å². The molecular weight excluding hydrogens is 336 g/mol. The highest BCUT2D eigenvalue weighted by Crippen LogP contribution is 2.31. The number of hydrogen-bond acceptors (Lipinski definition) is 3. The molecule has 0 saturated heterocycles. The van der Waals surface area contributed by atoms with Crippen molar-refractivity contribution >= 4 is 22.6 Å². The third kappa shape index (κ3) is 3.35. The molecule has 2 N–H and O–H groups in total. The highest BCUT2D eigenvalue weighted by molar-refractivity contribution is 5.99. The van der Waals surface area contributed by atoms with Gasteiger partial charge in [-0.1, -0.05) is 18.7 Å². The van der Waals surface area contributed by atoms with E-state index in [-0.39, 0.29) is 5.91 Å². The van der Waals surface area contributed by atoms with Gasteiger partial charge in [0.2, 0.25) is 5.91 Å². The van der Waals surface area contributed by atoms with Crippen molar-refractivity contribution in [3.63, 3.8) is 0 Å². The number of carbonyl (C=O) groups excluding carboxylic acids is 1. The van der Waals surface area contributed by atoms with Crippen molar-refractivity contribution in [1.82, 2.24) is 15.0 Å². The summed E-state index contributed by atoms with van der Waals surface area (Å²) >= 11 is 0. The molecule has 0 unspecified atom stereocenters. The summed E-state index contributed by atoms with van der Waals surface area (Å²) in [7, 11) is 0. The third-order valence-electron chi connectivity index (χ3n) is 4.37. The number of hydrogen-bond donors (Lipinski definition) is 2. The van der Waals surface area contributed by atoms with Crippen LogP contribution in [0.2, 0.25) is 0 Å². The number of nitrogens with zero attached hydrogens (tertiary/aromatic N) is 2. The van der Waals surface area contributed by atoms with Crippen molar-refractivity contribution in [2.75, 3.05) is 5.32 Å². The number of rotatable bonds is 4. The highest BCUT2D eigenvalue weighted by atomic mass is 16.1. The number of H-pyrrole nitrogens is 1. The molecule has 4 rings (SSSR count). The lowest BCUT2D eigenvalue weighted by molar-refractivity contribution is -0.111. The van der Waals surface area contributed by atoms with Crippen LogP contribution in [0.4, 0.5) is 5.69 Å². The number of fused-ring (bicyclic) bond motifs is 1. The van der Waals surface area contributed by atoms with Crippen LogP contribution in [0.5, 0.6) is 0 Å². The predicted octanol–water partition coefficient (Wildman–Crippen LogP) is 4.72. The molecule has 5 heteroatoms. The second-order valence-electron chi connectivity index (χ2n) is 6.35. The fourth-order valence-corrected chi connectivity index (χ4v) is 3.07. The predicted molar refractivity (Wildman–Crippen MR) is 108 cm³/mol. The van der Waals surface area contributed by atoms with E-state index in [9.17, 15) is 4.79 Å². The van der Waals surface area contributed by atoms with E-state index in [4.69, 9.17) is 0 Å². The summed E-state index contributed by atoms with van der Waals surface area (Å²) in [5.74, 6) is -0.236. The van der Waals surface area contributed by atoms with Crippen molar-refractivity contribution in [3.05, 3.63) is 79.4 Å². The van der Waals surface area contributed by atoms with Crippen molar-refractivity contribution in [2.24, 2.45) is 0 Å². The van der Waals surface area contributed by atoms with E-state index in [0.29, 0.717) is 0 Å². The van der Waals surface area contributed by atoms with Gasteiger partial charge in [-0.3, -0.25) is 9.78 Å². The van der Waals surface area contributed by atoms with Gasteiger partial charge in [-0.05, 0) is 48.4 Å². The minimum absolute atomic E-state index is 0.236. The Bertz CT molecular complexity index is 1160. The molecule has 0 radical (unpaired) electrons. The normalized spacial score (nSPS) is 10.7. The molecule has 0 saturated carbocycles. The quantitative estimate of drug-likeness (QED) is 0.521. The monoisotopic (exact) mass is 354 g/mol. The molecule has 4 aromatic rings. The fraction of sp³-hybridized carbons (Fsp3) is 0.0455. The van der Waals surface area contributed by atoms with Gasteiger partial charge in [0.05, 0.1) is 0 Å². The molecule has 1 aromatic carbocycles. The Hall–Kier alpha value is -3.73. The summed E-state index contributed by atoms with van der Waals surface area (Å²) in [4.78, 5) is 23.6. The summed E-state index contributed by atoms with van der Waals surface area (Å²) in [5, 5.41) is 3.81.